The van der Waals surface area contributed by atoms with Gasteiger partial charge in [0.2, 0.25) is 0 Å². The SMILES string of the molecule is COc1ccc(NC(=O)C(Nc2cccc(Cn3cccn3)c2)c2ccccc2)cc1. The number of nitrogens with one attached hydrogen (secondary N) is 2. The summed E-state index contributed by atoms with van der Waals surface area (Å²) in [5.41, 5.74) is 3.55. The molecule has 1 atom stereocenters. The quantitative estimate of drug-likeness (QED) is 0.439. The van der Waals surface area contributed by atoms with Crippen molar-refractivity contribution >= 4 is 17.3 Å². The summed E-state index contributed by atoms with van der Waals surface area (Å²) in [5, 5.41) is 10.6. The van der Waals surface area contributed by atoms with Gasteiger partial charge in [-0.2, -0.15) is 5.10 Å². The molecule has 0 saturated carbocycles. The number of hydrogen-bond donors (Lipinski definition) is 2. The van der Waals surface area contributed by atoms with Crippen LogP contribution in [0.3, 0.4) is 0 Å². The van der Waals surface area contributed by atoms with Crippen LogP contribution < -0.4 is 15.4 Å². The van der Waals surface area contributed by atoms with Gasteiger partial charge in [0.1, 0.15) is 11.8 Å². The Labute approximate surface area is 181 Å². The van der Waals surface area contributed by atoms with Crippen LogP contribution in [0.5, 0.6) is 5.75 Å². The zero-order valence-electron chi connectivity index (χ0n) is 17.2. The number of amides is 1. The predicted octanol–water partition coefficient (Wildman–Crippen LogP) is 4.73. The maximum absolute atomic E-state index is 13.2. The first-order valence-corrected chi connectivity index (χ1v) is 10.0. The zero-order chi connectivity index (χ0) is 21.5. The van der Waals surface area contributed by atoms with Crippen LogP contribution in [0.15, 0.2) is 97.3 Å². The zero-order valence-corrected chi connectivity index (χ0v) is 17.2. The topological polar surface area (TPSA) is 68.2 Å². The van der Waals surface area contributed by atoms with Crippen LogP contribution in [0.25, 0.3) is 0 Å². The largest absolute Gasteiger partial charge is 0.497 e. The fraction of sp³-hybridized carbons (Fsp3) is 0.120. The third kappa shape index (κ3) is 5.30. The summed E-state index contributed by atoms with van der Waals surface area (Å²) in [5.74, 6) is 0.596. The van der Waals surface area contributed by atoms with Gasteiger partial charge in [-0.1, -0.05) is 42.5 Å². The van der Waals surface area contributed by atoms with Crippen LogP contribution in [0.4, 0.5) is 11.4 Å². The number of methoxy groups -OCH3 is 1. The molecule has 0 aliphatic carbocycles. The predicted molar refractivity (Wildman–Crippen MR) is 122 cm³/mol. The number of rotatable bonds is 8. The minimum absolute atomic E-state index is 0.145. The van der Waals surface area contributed by atoms with Gasteiger partial charge >= 0.3 is 0 Å². The molecule has 0 fully saturated rings. The third-order valence-electron chi connectivity index (χ3n) is 4.89. The lowest BCUT2D eigenvalue weighted by atomic mass is 10.0. The number of aromatic nitrogens is 2. The monoisotopic (exact) mass is 412 g/mol. The minimum atomic E-state index is -0.553. The number of ether oxygens (including phenoxy) is 1. The second-order valence-corrected chi connectivity index (χ2v) is 7.11. The van der Waals surface area contributed by atoms with Gasteiger partial charge in [-0.15, -0.1) is 0 Å². The van der Waals surface area contributed by atoms with Crippen LogP contribution in [0.1, 0.15) is 17.2 Å². The molecule has 4 rings (SSSR count). The second-order valence-electron chi connectivity index (χ2n) is 7.11. The summed E-state index contributed by atoms with van der Waals surface area (Å²) in [6, 6.07) is 26.3. The van der Waals surface area contributed by atoms with E-state index in [0.29, 0.717) is 12.2 Å². The molecule has 31 heavy (non-hydrogen) atoms. The molecule has 1 heterocycles. The molecule has 0 spiro atoms. The molecule has 0 radical (unpaired) electrons. The van der Waals surface area contributed by atoms with E-state index in [-0.39, 0.29) is 5.91 Å². The van der Waals surface area contributed by atoms with Crippen molar-refractivity contribution in [3.8, 4) is 5.75 Å². The van der Waals surface area contributed by atoms with Crippen molar-refractivity contribution in [2.24, 2.45) is 0 Å². The molecule has 0 aliphatic rings. The Morgan fingerprint density at radius 1 is 0.968 bits per heavy atom. The van der Waals surface area contributed by atoms with Gasteiger partial charge in [0.05, 0.1) is 13.7 Å². The lowest BCUT2D eigenvalue weighted by molar-refractivity contribution is -0.117. The van der Waals surface area contributed by atoms with E-state index in [1.807, 2.05) is 95.8 Å². The number of benzene rings is 3. The highest BCUT2D eigenvalue weighted by atomic mass is 16.5. The summed E-state index contributed by atoms with van der Waals surface area (Å²) >= 11 is 0. The molecule has 3 aromatic carbocycles. The van der Waals surface area contributed by atoms with E-state index in [1.165, 1.54) is 0 Å². The van der Waals surface area contributed by atoms with E-state index in [4.69, 9.17) is 4.74 Å². The van der Waals surface area contributed by atoms with Crippen molar-refractivity contribution in [2.45, 2.75) is 12.6 Å². The van der Waals surface area contributed by atoms with Gasteiger partial charge < -0.3 is 15.4 Å². The maximum Gasteiger partial charge on any atom is 0.251 e. The molecule has 6 heteroatoms. The maximum atomic E-state index is 13.2. The molecule has 156 valence electrons. The average Bonchev–Trinajstić information content (AvgIpc) is 3.32. The van der Waals surface area contributed by atoms with Gasteiger partial charge in [0, 0.05) is 23.8 Å². The van der Waals surface area contributed by atoms with Crippen molar-refractivity contribution in [3.63, 3.8) is 0 Å². The van der Waals surface area contributed by atoms with Crippen LogP contribution in [-0.4, -0.2) is 22.8 Å². The molecule has 4 aromatic rings. The summed E-state index contributed by atoms with van der Waals surface area (Å²) in [6.07, 6.45) is 3.69. The fourth-order valence-corrected chi connectivity index (χ4v) is 3.34. The smallest absolute Gasteiger partial charge is 0.251 e. The minimum Gasteiger partial charge on any atom is -0.497 e. The molecular formula is C25H24N4O2. The molecule has 6 nitrogen and oxygen atoms in total. The molecule has 1 aromatic heterocycles. The van der Waals surface area contributed by atoms with Crippen LogP contribution in [0.2, 0.25) is 0 Å². The van der Waals surface area contributed by atoms with Crippen LogP contribution >= 0.6 is 0 Å². The van der Waals surface area contributed by atoms with Crippen molar-refractivity contribution in [3.05, 3.63) is 108 Å². The molecule has 0 saturated heterocycles. The van der Waals surface area contributed by atoms with Gasteiger partial charge in [0.15, 0.2) is 0 Å². The highest BCUT2D eigenvalue weighted by Gasteiger charge is 2.21. The Morgan fingerprint density at radius 3 is 2.48 bits per heavy atom. The van der Waals surface area contributed by atoms with E-state index in [9.17, 15) is 4.79 Å². The van der Waals surface area contributed by atoms with Gasteiger partial charge in [0.25, 0.3) is 5.91 Å². The number of anilines is 2. The molecule has 1 amide bonds. The number of hydrogen-bond acceptors (Lipinski definition) is 4. The van der Waals surface area contributed by atoms with E-state index in [2.05, 4.69) is 15.7 Å². The van der Waals surface area contributed by atoms with Gasteiger partial charge in [-0.3, -0.25) is 9.48 Å². The van der Waals surface area contributed by atoms with Crippen LogP contribution in [-0.2, 0) is 11.3 Å². The summed E-state index contributed by atoms with van der Waals surface area (Å²) in [4.78, 5) is 13.2. The third-order valence-corrected chi connectivity index (χ3v) is 4.89. The van der Waals surface area contributed by atoms with Gasteiger partial charge in [-0.05, 0) is 53.6 Å². The van der Waals surface area contributed by atoms with E-state index >= 15 is 0 Å². The lowest BCUT2D eigenvalue weighted by Gasteiger charge is -2.20. The lowest BCUT2D eigenvalue weighted by Crippen LogP contribution is -2.27. The molecule has 1 unspecified atom stereocenters. The summed E-state index contributed by atoms with van der Waals surface area (Å²) < 4.78 is 7.05. The molecule has 2 N–H and O–H groups in total. The number of carbonyl (C=O) groups is 1. The standard InChI is InChI=1S/C25H24N4O2/c1-31-23-13-11-21(12-14-23)28-25(30)24(20-8-3-2-4-9-20)27-22-10-5-7-19(17-22)18-29-16-6-15-26-29/h2-17,24,27H,18H2,1H3,(H,28,30). The van der Waals surface area contributed by atoms with Crippen molar-refractivity contribution in [1.29, 1.82) is 0 Å². The molecule has 0 bridgehead atoms. The Hall–Kier alpha value is -4.06. The normalized spacial score (nSPS) is 11.5. The first-order valence-electron chi connectivity index (χ1n) is 10.0. The van der Waals surface area contributed by atoms with E-state index < -0.39 is 6.04 Å². The molecular weight excluding hydrogens is 388 g/mol. The number of nitrogens with zero attached hydrogens (tertiary/aromatic N) is 2. The average molecular weight is 412 g/mol. The Kier molecular flexibility index (Phi) is 6.28. The Bertz CT molecular complexity index is 1110. The second kappa shape index (κ2) is 9.63. The summed E-state index contributed by atoms with van der Waals surface area (Å²) in [6.45, 7) is 0.663. The highest BCUT2D eigenvalue weighted by molar-refractivity contribution is 5.97. The first kappa shape index (κ1) is 20.2. The van der Waals surface area contributed by atoms with Crippen molar-refractivity contribution < 1.29 is 9.53 Å². The highest BCUT2D eigenvalue weighted by Crippen LogP contribution is 2.23. The molecule has 0 aliphatic heterocycles. The van der Waals surface area contributed by atoms with Crippen molar-refractivity contribution in [2.75, 3.05) is 17.7 Å². The first-order chi connectivity index (χ1) is 15.2. The van der Waals surface area contributed by atoms with Gasteiger partial charge in [-0.25, -0.2) is 0 Å². The van der Waals surface area contributed by atoms with E-state index in [0.717, 1.165) is 22.6 Å². The fourth-order valence-electron chi connectivity index (χ4n) is 3.34. The van der Waals surface area contributed by atoms with E-state index in [1.54, 1.807) is 13.3 Å². The Balaban J connectivity index is 1.54. The van der Waals surface area contributed by atoms with Crippen LogP contribution in [0, 0.1) is 0 Å². The summed E-state index contributed by atoms with van der Waals surface area (Å²) in [7, 11) is 1.61. The number of carbonyl (C=O) groups excluding carboxylic acids is 1. The van der Waals surface area contributed by atoms with Crippen molar-refractivity contribution in [1.82, 2.24) is 9.78 Å². The Morgan fingerprint density at radius 2 is 1.77 bits per heavy atom.